The van der Waals surface area contributed by atoms with Gasteiger partial charge in [0, 0.05) is 12.3 Å². The van der Waals surface area contributed by atoms with Gasteiger partial charge in [-0.3, -0.25) is 0 Å². The summed E-state index contributed by atoms with van der Waals surface area (Å²) in [5.74, 6) is 0. The van der Waals surface area contributed by atoms with Crippen LogP contribution in [0.25, 0.3) is 0 Å². The second-order valence-corrected chi connectivity index (χ2v) is 5.76. The Labute approximate surface area is 111 Å². The summed E-state index contributed by atoms with van der Waals surface area (Å²) >= 11 is 17.4. The minimum Gasteiger partial charge on any atom is -0.357 e. The predicted octanol–water partition coefficient (Wildman–Crippen LogP) is 4.14. The molecule has 2 nitrogen and oxygen atoms in total. The molecule has 1 rings (SSSR count). The van der Waals surface area contributed by atoms with Crippen molar-refractivity contribution in [3.63, 3.8) is 0 Å². The standard InChI is InChI=1S/C11H14Cl3NO/c1-3-16-10(11(12,13)14)15-9-6-4-8(2)5-7-9/h4-7,10,15H,3H2,1-2H3. The van der Waals surface area contributed by atoms with Crippen molar-refractivity contribution in [3.05, 3.63) is 29.8 Å². The zero-order valence-electron chi connectivity index (χ0n) is 9.14. The Morgan fingerprint density at radius 1 is 1.25 bits per heavy atom. The van der Waals surface area contributed by atoms with Gasteiger partial charge in [0.15, 0.2) is 6.23 Å². The summed E-state index contributed by atoms with van der Waals surface area (Å²) in [7, 11) is 0. The van der Waals surface area contributed by atoms with Crippen molar-refractivity contribution >= 4 is 40.5 Å². The van der Waals surface area contributed by atoms with Gasteiger partial charge in [-0.15, -0.1) is 0 Å². The van der Waals surface area contributed by atoms with Gasteiger partial charge in [0.05, 0.1) is 0 Å². The minimum absolute atomic E-state index is 0.470. The summed E-state index contributed by atoms with van der Waals surface area (Å²) in [4.78, 5) is 0. The largest absolute Gasteiger partial charge is 0.357 e. The SMILES string of the molecule is CCOC(Nc1ccc(C)cc1)C(Cl)(Cl)Cl. The van der Waals surface area contributed by atoms with Crippen molar-refractivity contribution in [1.82, 2.24) is 0 Å². The van der Waals surface area contributed by atoms with Crippen LogP contribution in [0, 0.1) is 6.92 Å². The van der Waals surface area contributed by atoms with E-state index in [2.05, 4.69) is 5.32 Å². The lowest BCUT2D eigenvalue weighted by Crippen LogP contribution is -2.36. The van der Waals surface area contributed by atoms with Crippen LogP contribution in [0.15, 0.2) is 24.3 Å². The van der Waals surface area contributed by atoms with Crippen molar-refractivity contribution in [3.8, 4) is 0 Å². The summed E-state index contributed by atoms with van der Waals surface area (Å²) in [6, 6.07) is 7.78. The van der Waals surface area contributed by atoms with Crippen LogP contribution in [0.5, 0.6) is 0 Å². The van der Waals surface area contributed by atoms with Gasteiger partial charge in [-0.25, -0.2) is 0 Å². The number of nitrogens with one attached hydrogen (secondary N) is 1. The Bertz CT molecular complexity index is 321. The van der Waals surface area contributed by atoms with Gasteiger partial charge in [0.2, 0.25) is 3.79 Å². The Kier molecular flexibility index (Phi) is 5.19. The van der Waals surface area contributed by atoms with Crippen LogP contribution >= 0.6 is 34.8 Å². The predicted molar refractivity (Wildman–Crippen MR) is 70.5 cm³/mol. The lowest BCUT2D eigenvalue weighted by Gasteiger charge is -2.26. The van der Waals surface area contributed by atoms with Crippen LogP contribution in [0.1, 0.15) is 12.5 Å². The number of alkyl halides is 3. The maximum absolute atomic E-state index is 5.80. The molecule has 0 saturated carbocycles. The normalized spacial score (nSPS) is 13.6. The summed E-state index contributed by atoms with van der Waals surface area (Å²) in [6.07, 6.45) is -0.662. The molecule has 1 aromatic rings. The Morgan fingerprint density at radius 2 is 1.81 bits per heavy atom. The fourth-order valence-corrected chi connectivity index (χ4v) is 1.54. The van der Waals surface area contributed by atoms with Gasteiger partial charge in [0.25, 0.3) is 0 Å². The number of hydrogen-bond acceptors (Lipinski definition) is 2. The monoisotopic (exact) mass is 281 g/mol. The number of halogens is 3. The zero-order valence-corrected chi connectivity index (χ0v) is 11.4. The van der Waals surface area contributed by atoms with Gasteiger partial charge >= 0.3 is 0 Å². The molecule has 1 unspecified atom stereocenters. The highest BCUT2D eigenvalue weighted by atomic mass is 35.6. The average molecular weight is 283 g/mol. The van der Waals surface area contributed by atoms with Crippen LogP contribution in [-0.4, -0.2) is 16.6 Å². The molecule has 90 valence electrons. The number of hydrogen-bond donors (Lipinski definition) is 1. The fourth-order valence-electron chi connectivity index (χ4n) is 1.19. The highest BCUT2D eigenvalue weighted by Gasteiger charge is 2.33. The van der Waals surface area contributed by atoms with E-state index in [0.717, 1.165) is 5.69 Å². The molecule has 0 spiro atoms. The summed E-state index contributed by atoms with van der Waals surface area (Å²) < 4.78 is 3.83. The van der Waals surface area contributed by atoms with Gasteiger partial charge < -0.3 is 10.1 Å². The molecule has 0 radical (unpaired) electrons. The number of aryl methyl sites for hydroxylation is 1. The molecule has 1 aromatic carbocycles. The maximum atomic E-state index is 5.80. The molecule has 0 amide bonds. The van der Waals surface area contributed by atoms with Gasteiger partial charge in [-0.1, -0.05) is 52.5 Å². The minimum atomic E-state index is -1.50. The van der Waals surface area contributed by atoms with E-state index in [0.29, 0.717) is 6.61 Å². The van der Waals surface area contributed by atoms with Gasteiger partial charge in [-0.05, 0) is 26.0 Å². The molecule has 0 aliphatic heterocycles. The van der Waals surface area contributed by atoms with E-state index in [1.54, 1.807) is 0 Å². The molecule has 0 heterocycles. The molecule has 0 aliphatic carbocycles. The van der Waals surface area contributed by atoms with E-state index in [1.807, 2.05) is 38.1 Å². The summed E-state index contributed by atoms with van der Waals surface area (Å²) in [6.45, 7) is 4.33. The van der Waals surface area contributed by atoms with Crippen molar-refractivity contribution in [2.24, 2.45) is 0 Å². The van der Waals surface area contributed by atoms with Crippen LogP contribution in [0.3, 0.4) is 0 Å². The molecule has 0 aromatic heterocycles. The first kappa shape index (κ1) is 13.9. The molecule has 1 atom stereocenters. The number of benzene rings is 1. The lowest BCUT2D eigenvalue weighted by molar-refractivity contribution is 0.0856. The molecule has 5 heteroatoms. The maximum Gasteiger partial charge on any atom is 0.234 e. The third-order valence-corrected chi connectivity index (χ3v) is 2.57. The number of anilines is 1. The van der Waals surface area contributed by atoms with E-state index in [4.69, 9.17) is 39.5 Å². The molecule has 16 heavy (non-hydrogen) atoms. The highest BCUT2D eigenvalue weighted by molar-refractivity contribution is 6.68. The second-order valence-electron chi connectivity index (χ2n) is 3.39. The van der Waals surface area contributed by atoms with Crippen LogP contribution < -0.4 is 5.32 Å². The van der Waals surface area contributed by atoms with Crippen molar-refractivity contribution < 1.29 is 4.74 Å². The molecule has 0 saturated heterocycles. The third kappa shape index (κ3) is 4.38. The Hall–Kier alpha value is -0.150. The van der Waals surface area contributed by atoms with Crippen molar-refractivity contribution in [1.29, 1.82) is 0 Å². The quantitative estimate of drug-likeness (QED) is 0.662. The first-order chi connectivity index (χ1) is 7.43. The molecular weight excluding hydrogens is 268 g/mol. The first-order valence-corrected chi connectivity index (χ1v) is 6.08. The lowest BCUT2D eigenvalue weighted by atomic mass is 10.2. The van der Waals surface area contributed by atoms with Crippen molar-refractivity contribution in [2.45, 2.75) is 23.9 Å². The molecule has 0 fully saturated rings. The fraction of sp³-hybridized carbons (Fsp3) is 0.455. The van der Waals surface area contributed by atoms with Crippen LogP contribution in [0.2, 0.25) is 0 Å². The van der Waals surface area contributed by atoms with Crippen molar-refractivity contribution in [2.75, 3.05) is 11.9 Å². The molecule has 0 aliphatic rings. The average Bonchev–Trinajstić information content (AvgIpc) is 2.19. The van der Waals surface area contributed by atoms with E-state index in [1.165, 1.54) is 5.56 Å². The number of ether oxygens (including phenoxy) is 1. The summed E-state index contributed by atoms with van der Waals surface area (Å²) in [5.41, 5.74) is 2.03. The first-order valence-electron chi connectivity index (χ1n) is 4.95. The smallest absolute Gasteiger partial charge is 0.234 e. The topological polar surface area (TPSA) is 21.3 Å². The molecular formula is C11H14Cl3NO. The van der Waals surface area contributed by atoms with E-state index >= 15 is 0 Å². The van der Waals surface area contributed by atoms with E-state index in [9.17, 15) is 0 Å². The Morgan fingerprint density at radius 3 is 2.25 bits per heavy atom. The van der Waals surface area contributed by atoms with Crippen LogP contribution in [0.4, 0.5) is 5.69 Å². The van der Waals surface area contributed by atoms with E-state index in [-0.39, 0.29) is 0 Å². The van der Waals surface area contributed by atoms with Gasteiger partial charge in [0.1, 0.15) is 0 Å². The van der Waals surface area contributed by atoms with Gasteiger partial charge in [-0.2, -0.15) is 0 Å². The Balaban J connectivity index is 2.72. The summed E-state index contributed by atoms with van der Waals surface area (Å²) in [5, 5.41) is 3.03. The molecule has 0 bridgehead atoms. The van der Waals surface area contributed by atoms with E-state index < -0.39 is 10.0 Å². The highest BCUT2D eigenvalue weighted by Crippen LogP contribution is 2.32. The zero-order chi connectivity index (χ0) is 12.2. The molecule has 1 N–H and O–H groups in total. The number of rotatable bonds is 4. The van der Waals surface area contributed by atoms with Crippen LogP contribution in [-0.2, 0) is 4.74 Å². The third-order valence-electron chi connectivity index (χ3n) is 1.98. The second kappa shape index (κ2) is 5.97.